The van der Waals surface area contributed by atoms with Crippen LogP contribution in [0.3, 0.4) is 0 Å². The molecule has 2 N–H and O–H groups in total. The van der Waals surface area contributed by atoms with Crippen LogP contribution in [0.4, 0.5) is 0 Å². The van der Waals surface area contributed by atoms with Gasteiger partial charge in [-0.1, -0.05) is 13.0 Å². The lowest BCUT2D eigenvalue weighted by Crippen LogP contribution is -2.37. The van der Waals surface area contributed by atoms with Crippen molar-refractivity contribution < 1.29 is 4.74 Å². The minimum atomic E-state index is 0.738. The van der Waals surface area contributed by atoms with Crippen molar-refractivity contribution in [3.63, 3.8) is 0 Å². The maximum atomic E-state index is 5.26. The van der Waals surface area contributed by atoms with Gasteiger partial charge in [-0.25, -0.2) is 0 Å². The third-order valence-corrected chi connectivity index (χ3v) is 2.57. The minimum Gasteiger partial charge on any atom is -0.497 e. The quantitative estimate of drug-likeness (QED) is 0.620. The summed E-state index contributed by atoms with van der Waals surface area (Å²) >= 11 is 0. The van der Waals surface area contributed by atoms with Gasteiger partial charge in [0.05, 0.1) is 7.11 Å². The second-order valence-corrected chi connectivity index (χ2v) is 4.21. The van der Waals surface area contributed by atoms with Crippen LogP contribution in [-0.2, 0) is 6.54 Å². The van der Waals surface area contributed by atoms with E-state index in [0.29, 0.717) is 0 Å². The first-order chi connectivity index (χ1) is 8.69. The molecule has 0 saturated heterocycles. The molecular weight excluding hydrogens is 226 g/mol. The zero-order chi connectivity index (χ0) is 13.4. The summed E-state index contributed by atoms with van der Waals surface area (Å²) in [4.78, 5) is 4.17. The van der Waals surface area contributed by atoms with Crippen molar-refractivity contribution in [3.05, 3.63) is 29.3 Å². The summed E-state index contributed by atoms with van der Waals surface area (Å²) in [6, 6.07) is 6.20. The van der Waals surface area contributed by atoms with E-state index >= 15 is 0 Å². The van der Waals surface area contributed by atoms with Gasteiger partial charge in [-0.2, -0.15) is 0 Å². The van der Waals surface area contributed by atoms with E-state index in [0.717, 1.165) is 31.2 Å². The highest BCUT2D eigenvalue weighted by atomic mass is 16.5. The fourth-order valence-electron chi connectivity index (χ4n) is 1.69. The Hall–Kier alpha value is -1.71. The molecule has 0 saturated carbocycles. The Labute approximate surface area is 109 Å². The van der Waals surface area contributed by atoms with Crippen molar-refractivity contribution in [3.8, 4) is 5.75 Å². The molecule has 0 heterocycles. The maximum absolute atomic E-state index is 5.26. The summed E-state index contributed by atoms with van der Waals surface area (Å²) in [7, 11) is 3.47. The predicted molar refractivity (Wildman–Crippen MR) is 76.2 cm³/mol. The van der Waals surface area contributed by atoms with E-state index in [-0.39, 0.29) is 0 Å². The number of guanidine groups is 1. The number of aryl methyl sites for hydroxylation is 1. The van der Waals surface area contributed by atoms with Crippen LogP contribution < -0.4 is 15.4 Å². The number of rotatable bonds is 5. The molecule has 0 unspecified atom stereocenters. The summed E-state index contributed by atoms with van der Waals surface area (Å²) in [6.45, 7) is 5.86. The molecule has 0 aromatic heterocycles. The van der Waals surface area contributed by atoms with Crippen molar-refractivity contribution in [2.24, 2.45) is 4.99 Å². The van der Waals surface area contributed by atoms with Crippen LogP contribution in [0.5, 0.6) is 5.75 Å². The van der Waals surface area contributed by atoms with Crippen LogP contribution in [0.15, 0.2) is 23.2 Å². The Balaban J connectivity index is 2.59. The van der Waals surface area contributed by atoms with Gasteiger partial charge in [-0.15, -0.1) is 0 Å². The van der Waals surface area contributed by atoms with Crippen LogP contribution in [0, 0.1) is 6.92 Å². The number of hydrogen-bond acceptors (Lipinski definition) is 2. The third kappa shape index (κ3) is 4.65. The molecule has 100 valence electrons. The van der Waals surface area contributed by atoms with Gasteiger partial charge in [0.2, 0.25) is 0 Å². The lowest BCUT2D eigenvalue weighted by molar-refractivity contribution is 0.414. The highest BCUT2D eigenvalue weighted by Crippen LogP contribution is 2.16. The molecule has 0 radical (unpaired) electrons. The van der Waals surface area contributed by atoms with Gasteiger partial charge in [-0.3, -0.25) is 4.99 Å². The van der Waals surface area contributed by atoms with Crippen molar-refractivity contribution in [1.82, 2.24) is 10.6 Å². The van der Waals surface area contributed by atoms with Gasteiger partial charge in [0.1, 0.15) is 5.75 Å². The monoisotopic (exact) mass is 249 g/mol. The Morgan fingerprint density at radius 1 is 1.28 bits per heavy atom. The molecule has 1 aromatic carbocycles. The molecule has 0 bridgehead atoms. The first-order valence-electron chi connectivity index (χ1n) is 6.28. The Kier molecular flexibility index (Phi) is 6.05. The largest absolute Gasteiger partial charge is 0.497 e. The summed E-state index contributed by atoms with van der Waals surface area (Å²) in [5.41, 5.74) is 2.38. The van der Waals surface area contributed by atoms with Crippen molar-refractivity contribution in [2.45, 2.75) is 26.8 Å². The van der Waals surface area contributed by atoms with Gasteiger partial charge in [0.25, 0.3) is 0 Å². The van der Waals surface area contributed by atoms with E-state index < -0.39 is 0 Å². The van der Waals surface area contributed by atoms with E-state index in [1.54, 1.807) is 14.2 Å². The highest BCUT2D eigenvalue weighted by Gasteiger charge is 2.00. The summed E-state index contributed by atoms with van der Waals surface area (Å²) in [5, 5.41) is 6.52. The van der Waals surface area contributed by atoms with E-state index in [4.69, 9.17) is 4.74 Å². The van der Waals surface area contributed by atoms with Crippen LogP contribution in [0.2, 0.25) is 0 Å². The Morgan fingerprint density at radius 3 is 2.67 bits per heavy atom. The lowest BCUT2D eigenvalue weighted by atomic mass is 10.1. The first-order valence-corrected chi connectivity index (χ1v) is 6.28. The van der Waals surface area contributed by atoms with Gasteiger partial charge >= 0.3 is 0 Å². The van der Waals surface area contributed by atoms with Gasteiger partial charge in [0, 0.05) is 20.1 Å². The molecule has 0 aliphatic heterocycles. The minimum absolute atomic E-state index is 0.738. The number of hydrogen-bond donors (Lipinski definition) is 2. The standard InChI is InChI=1S/C14H23N3O/c1-5-6-16-14(15-3)17-10-12-7-11(2)8-13(9-12)18-4/h7-9H,5-6,10H2,1-4H3,(H2,15,16,17). The average molecular weight is 249 g/mol. The Morgan fingerprint density at radius 2 is 2.06 bits per heavy atom. The maximum Gasteiger partial charge on any atom is 0.191 e. The van der Waals surface area contributed by atoms with E-state index in [1.807, 2.05) is 12.1 Å². The number of nitrogens with zero attached hydrogens (tertiary/aromatic N) is 1. The molecule has 0 spiro atoms. The second kappa shape index (κ2) is 7.58. The van der Waals surface area contributed by atoms with E-state index in [9.17, 15) is 0 Å². The van der Waals surface area contributed by atoms with Gasteiger partial charge in [-0.05, 0) is 36.6 Å². The molecule has 1 rings (SSSR count). The number of aliphatic imine (C=N–C) groups is 1. The van der Waals surface area contributed by atoms with Crippen molar-refractivity contribution in [2.75, 3.05) is 20.7 Å². The molecular formula is C14H23N3O. The zero-order valence-corrected chi connectivity index (χ0v) is 11.7. The lowest BCUT2D eigenvalue weighted by Gasteiger charge is -2.12. The number of benzene rings is 1. The van der Waals surface area contributed by atoms with Crippen LogP contribution in [0.1, 0.15) is 24.5 Å². The fourth-order valence-corrected chi connectivity index (χ4v) is 1.69. The second-order valence-electron chi connectivity index (χ2n) is 4.21. The smallest absolute Gasteiger partial charge is 0.191 e. The normalized spacial score (nSPS) is 11.2. The van der Waals surface area contributed by atoms with Crippen LogP contribution in [-0.4, -0.2) is 26.7 Å². The zero-order valence-electron chi connectivity index (χ0n) is 11.7. The topological polar surface area (TPSA) is 45.7 Å². The molecule has 4 nitrogen and oxygen atoms in total. The molecule has 0 aliphatic carbocycles. The molecule has 0 aliphatic rings. The first kappa shape index (κ1) is 14.4. The molecule has 0 atom stereocenters. The molecule has 1 aromatic rings. The SMILES string of the molecule is CCCNC(=NC)NCc1cc(C)cc(OC)c1. The van der Waals surface area contributed by atoms with Crippen LogP contribution in [0.25, 0.3) is 0 Å². The average Bonchev–Trinajstić information content (AvgIpc) is 2.38. The summed E-state index contributed by atoms with van der Waals surface area (Å²) < 4.78 is 5.26. The summed E-state index contributed by atoms with van der Waals surface area (Å²) in [6.07, 6.45) is 1.08. The highest BCUT2D eigenvalue weighted by molar-refractivity contribution is 5.79. The van der Waals surface area contributed by atoms with E-state index in [1.165, 1.54) is 11.1 Å². The summed E-state index contributed by atoms with van der Waals surface area (Å²) in [5.74, 6) is 1.72. The number of methoxy groups -OCH3 is 1. The Bertz CT molecular complexity index is 402. The molecule has 0 fully saturated rings. The number of ether oxygens (including phenoxy) is 1. The number of nitrogens with one attached hydrogen (secondary N) is 2. The molecule has 4 heteroatoms. The molecule has 0 amide bonds. The third-order valence-electron chi connectivity index (χ3n) is 2.57. The van der Waals surface area contributed by atoms with Crippen LogP contribution >= 0.6 is 0 Å². The van der Waals surface area contributed by atoms with Gasteiger partial charge in [0.15, 0.2) is 5.96 Å². The van der Waals surface area contributed by atoms with E-state index in [2.05, 4.69) is 35.5 Å². The fraction of sp³-hybridized carbons (Fsp3) is 0.500. The van der Waals surface area contributed by atoms with Gasteiger partial charge < -0.3 is 15.4 Å². The van der Waals surface area contributed by atoms with Crippen molar-refractivity contribution >= 4 is 5.96 Å². The predicted octanol–water partition coefficient (Wildman–Crippen LogP) is 2.08. The molecule has 18 heavy (non-hydrogen) atoms. The van der Waals surface area contributed by atoms with Crippen molar-refractivity contribution in [1.29, 1.82) is 0 Å².